The maximum atomic E-state index is 12.2. The van der Waals surface area contributed by atoms with Gasteiger partial charge in [-0.25, -0.2) is 4.98 Å². The van der Waals surface area contributed by atoms with Crippen molar-refractivity contribution in [3.8, 4) is 5.88 Å². The van der Waals surface area contributed by atoms with Crippen molar-refractivity contribution in [2.45, 2.75) is 32.3 Å². The lowest BCUT2D eigenvalue weighted by molar-refractivity contribution is -0.136. The molecular weight excluding hydrogens is 272 g/mol. The molecule has 1 unspecified atom stereocenters. The van der Waals surface area contributed by atoms with E-state index in [0.717, 1.165) is 6.42 Å². The van der Waals surface area contributed by atoms with Gasteiger partial charge in [0.05, 0.1) is 18.5 Å². The molecule has 6 heteroatoms. The minimum Gasteiger partial charge on any atom is -0.475 e. The van der Waals surface area contributed by atoms with Crippen molar-refractivity contribution >= 4 is 11.6 Å². The van der Waals surface area contributed by atoms with Crippen molar-refractivity contribution in [3.05, 3.63) is 18.3 Å². The number of hydrogen-bond acceptors (Lipinski definition) is 5. The summed E-state index contributed by atoms with van der Waals surface area (Å²) in [6, 6.07) is 3.45. The molecule has 0 saturated heterocycles. The smallest absolute Gasteiger partial charge is 0.256 e. The van der Waals surface area contributed by atoms with Crippen molar-refractivity contribution in [1.82, 2.24) is 4.98 Å². The Labute approximate surface area is 125 Å². The zero-order valence-corrected chi connectivity index (χ0v) is 13.1. The number of pyridine rings is 1. The number of ether oxygens (including phenoxy) is 3. The largest absolute Gasteiger partial charge is 0.475 e. The van der Waals surface area contributed by atoms with Gasteiger partial charge in [-0.1, -0.05) is 13.3 Å². The first-order valence-electron chi connectivity index (χ1n) is 7.00. The Morgan fingerprint density at radius 3 is 2.62 bits per heavy atom. The second-order valence-corrected chi connectivity index (χ2v) is 4.87. The summed E-state index contributed by atoms with van der Waals surface area (Å²) in [5, 5.41) is 2.81. The molecule has 1 aromatic rings. The number of methoxy groups -OCH3 is 2. The van der Waals surface area contributed by atoms with Gasteiger partial charge in [-0.15, -0.1) is 0 Å². The van der Waals surface area contributed by atoms with Gasteiger partial charge < -0.3 is 19.5 Å². The highest BCUT2D eigenvalue weighted by Gasteiger charge is 2.32. The van der Waals surface area contributed by atoms with E-state index in [1.807, 2.05) is 6.92 Å². The number of nitrogens with zero attached hydrogens (tertiary/aromatic N) is 1. The van der Waals surface area contributed by atoms with Crippen molar-refractivity contribution in [3.63, 3.8) is 0 Å². The average molecular weight is 296 g/mol. The summed E-state index contributed by atoms with van der Waals surface area (Å²) in [5.74, 6) is 0.315. The van der Waals surface area contributed by atoms with E-state index in [2.05, 4.69) is 10.3 Å². The SMILES string of the molecule is CCCC(C)(OC)C(=O)Nc1ccc(OCCOC)nc1. The van der Waals surface area contributed by atoms with Crippen LogP contribution in [0, 0.1) is 0 Å². The lowest BCUT2D eigenvalue weighted by Crippen LogP contribution is -2.41. The molecule has 21 heavy (non-hydrogen) atoms. The molecule has 1 atom stereocenters. The van der Waals surface area contributed by atoms with E-state index in [9.17, 15) is 4.79 Å². The van der Waals surface area contributed by atoms with Crippen LogP contribution in [0.4, 0.5) is 5.69 Å². The van der Waals surface area contributed by atoms with Crippen LogP contribution in [0.5, 0.6) is 5.88 Å². The van der Waals surface area contributed by atoms with Crippen molar-refractivity contribution in [1.29, 1.82) is 0 Å². The third-order valence-electron chi connectivity index (χ3n) is 3.19. The predicted octanol–water partition coefficient (Wildman–Crippen LogP) is 2.25. The summed E-state index contributed by atoms with van der Waals surface area (Å²) in [4.78, 5) is 16.4. The van der Waals surface area contributed by atoms with Crippen LogP contribution in [0.15, 0.2) is 18.3 Å². The van der Waals surface area contributed by atoms with Crippen molar-refractivity contribution in [2.24, 2.45) is 0 Å². The lowest BCUT2D eigenvalue weighted by Gasteiger charge is -2.26. The zero-order valence-electron chi connectivity index (χ0n) is 13.1. The topological polar surface area (TPSA) is 69.7 Å². The minimum atomic E-state index is -0.831. The van der Waals surface area contributed by atoms with Crippen LogP contribution >= 0.6 is 0 Å². The molecule has 0 aliphatic heterocycles. The van der Waals surface area contributed by atoms with Gasteiger partial charge in [0.1, 0.15) is 12.2 Å². The predicted molar refractivity (Wildman–Crippen MR) is 80.6 cm³/mol. The Bertz CT molecular complexity index is 436. The Morgan fingerprint density at radius 2 is 2.10 bits per heavy atom. The van der Waals surface area contributed by atoms with Crippen LogP contribution in [0.2, 0.25) is 0 Å². The summed E-state index contributed by atoms with van der Waals surface area (Å²) in [5.41, 5.74) is -0.221. The minimum absolute atomic E-state index is 0.179. The first kappa shape index (κ1) is 17.4. The molecule has 0 aromatic carbocycles. The Hall–Kier alpha value is -1.66. The molecule has 118 valence electrons. The zero-order chi connectivity index (χ0) is 15.7. The number of anilines is 1. The van der Waals surface area contributed by atoms with Crippen LogP contribution in [-0.4, -0.2) is 43.9 Å². The molecule has 1 N–H and O–H groups in total. The van der Waals surface area contributed by atoms with Crippen LogP contribution in [0.25, 0.3) is 0 Å². The number of amides is 1. The molecule has 1 amide bonds. The number of aromatic nitrogens is 1. The van der Waals surface area contributed by atoms with E-state index in [1.54, 1.807) is 39.5 Å². The average Bonchev–Trinajstić information content (AvgIpc) is 2.49. The van der Waals surface area contributed by atoms with Crippen LogP contribution in [0.1, 0.15) is 26.7 Å². The van der Waals surface area contributed by atoms with Gasteiger partial charge in [0.2, 0.25) is 5.88 Å². The molecule has 0 aliphatic carbocycles. The van der Waals surface area contributed by atoms with Gasteiger partial charge in [-0.2, -0.15) is 0 Å². The molecule has 0 bridgehead atoms. The molecule has 1 rings (SSSR count). The highest BCUT2D eigenvalue weighted by molar-refractivity contribution is 5.96. The molecular formula is C15H24N2O4. The molecule has 0 aliphatic rings. The summed E-state index contributed by atoms with van der Waals surface area (Å²) in [6.07, 6.45) is 3.07. The Kier molecular flexibility index (Phi) is 7.11. The van der Waals surface area contributed by atoms with Crippen LogP contribution in [0.3, 0.4) is 0 Å². The van der Waals surface area contributed by atoms with E-state index >= 15 is 0 Å². The quantitative estimate of drug-likeness (QED) is 0.708. The van der Waals surface area contributed by atoms with Gasteiger partial charge in [-0.05, 0) is 19.4 Å². The third-order valence-corrected chi connectivity index (χ3v) is 3.19. The van der Waals surface area contributed by atoms with E-state index < -0.39 is 5.60 Å². The number of hydrogen-bond donors (Lipinski definition) is 1. The van der Waals surface area contributed by atoms with E-state index in [1.165, 1.54) is 0 Å². The van der Waals surface area contributed by atoms with E-state index in [-0.39, 0.29) is 5.91 Å². The fourth-order valence-corrected chi connectivity index (χ4v) is 1.82. The van der Waals surface area contributed by atoms with Gasteiger partial charge in [0.15, 0.2) is 0 Å². The van der Waals surface area contributed by atoms with E-state index in [0.29, 0.717) is 31.2 Å². The fraction of sp³-hybridized carbons (Fsp3) is 0.600. The van der Waals surface area contributed by atoms with Crippen LogP contribution < -0.4 is 10.1 Å². The number of carbonyl (C=O) groups excluding carboxylic acids is 1. The molecule has 0 spiro atoms. The number of nitrogens with one attached hydrogen (secondary N) is 1. The standard InChI is InChI=1S/C15H24N2O4/c1-5-8-15(2,20-4)14(18)17-12-6-7-13(16-11-12)21-10-9-19-3/h6-7,11H,5,8-10H2,1-4H3,(H,17,18). The maximum absolute atomic E-state index is 12.2. The molecule has 0 saturated carbocycles. The number of carbonyl (C=O) groups is 1. The van der Waals surface area contributed by atoms with Crippen molar-refractivity contribution < 1.29 is 19.0 Å². The maximum Gasteiger partial charge on any atom is 0.256 e. The summed E-state index contributed by atoms with van der Waals surface area (Å²) in [7, 11) is 3.15. The highest BCUT2D eigenvalue weighted by atomic mass is 16.5. The van der Waals surface area contributed by atoms with E-state index in [4.69, 9.17) is 14.2 Å². The molecule has 1 heterocycles. The van der Waals surface area contributed by atoms with Gasteiger partial charge in [-0.3, -0.25) is 4.79 Å². The first-order chi connectivity index (χ1) is 10.1. The fourth-order valence-electron chi connectivity index (χ4n) is 1.82. The number of rotatable bonds is 9. The molecule has 0 fully saturated rings. The highest BCUT2D eigenvalue weighted by Crippen LogP contribution is 2.20. The third kappa shape index (κ3) is 5.32. The molecule has 0 radical (unpaired) electrons. The first-order valence-corrected chi connectivity index (χ1v) is 7.00. The van der Waals surface area contributed by atoms with Crippen molar-refractivity contribution in [2.75, 3.05) is 32.8 Å². The van der Waals surface area contributed by atoms with Crippen LogP contribution in [-0.2, 0) is 14.3 Å². The second-order valence-electron chi connectivity index (χ2n) is 4.87. The van der Waals surface area contributed by atoms with Gasteiger partial charge >= 0.3 is 0 Å². The lowest BCUT2D eigenvalue weighted by atomic mass is 9.99. The summed E-state index contributed by atoms with van der Waals surface area (Å²) in [6.45, 7) is 4.73. The second kappa shape index (κ2) is 8.59. The van der Waals surface area contributed by atoms with Gasteiger partial charge in [0.25, 0.3) is 5.91 Å². The molecule has 6 nitrogen and oxygen atoms in total. The summed E-state index contributed by atoms with van der Waals surface area (Å²) >= 11 is 0. The summed E-state index contributed by atoms with van der Waals surface area (Å²) < 4.78 is 15.6. The van der Waals surface area contributed by atoms with Gasteiger partial charge in [0, 0.05) is 20.3 Å². The monoisotopic (exact) mass is 296 g/mol. The normalized spacial score (nSPS) is 13.5. The Balaban J connectivity index is 2.60. The Morgan fingerprint density at radius 1 is 1.33 bits per heavy atom. The molecule has 1 aromatic heterocycles.